The Hall–Kier alpha value is -1.71. The number of aryl methyl sites for hydroxylation is 1. The molecule has 0 spiro atoms. The van der Waals surface area contributed by atoms with Crippen LogP contribution in [0.1, 0.15) is 18.4 Å². The number of ether oxygens (including phenoxy) is 1. The molecule has 1 aromatic carbocycles. The van der Waals surface area contributed by atoms with Gasteiger partial charge in [0, 0.05) is 17.8 Å². The first-order valence-electron chi connectivity index (χ1n) is 5.34. The van der Waals surface area contributed by atoms with E-state index in [1.54, 1.807) is 12.1 Å². The average molecular weight is 221 g/mol. The Morgan fingerprint density at radius 1 is 1.62 bits per heavy atom. The van der Waals surface area contributed by atoms with Crippen molar-refractivity contribution >= 4 is 11.7 Å². The van der Waals surface area contributed by atoms with Gasteiger partial charge < -0.3 is 15.2 Å². The second-order valence-electron chi connectivity index (χ2n) is 4.00. The number of rotatable bonds is 2. The second-order valence-corrected chi connectivity index (χ2v) is 4.00. The first kappa shape index (κ1) is 10.8. The minimum Gasteiger partial charge on any atom is -0.508 e. The number of hydrogen-bond donors (Lipinski definition) is 2. The minimum atomic E-state index is -0.207. The van der Waals surface area contributed by atoms with Crippen molar-refractivity contribution in [1.29, 1.82) is 0 Å². The van der Waals surface area contributed by atoms with E-state index in [4.69, 9.17) is 0 Å². The van der Waals surface area contributed by atoms with Crippen LogP contribution in [0.4, 0.5) is 5.69 Å². The molecule has 0 radical (unpaired) electrons. The van der Waals surface area contributed by atoms with Gasteiger partial charge in [0.25, 0.3) is 0 Å². The van der Waals surface area contributed by atoms with Crippen molar-refractivity contribution in [3.8, 4) is 5.75 Å². The molecule has 1 atom stereocenters. The molecule has 16 heavy (non-hydrogen) atoms. The number of aromatic hydroxyl groups is 1. The lowest BCUT2D eigenvalue weighted by atomic mass is 9.96. The molecule has 0 aromatic heterocycles. The largest absolute Gasteiger partial charge is 0.508 e. The highest BCUT2D eigenvalue weighted by molar-refractivity contribution is 5.71. The topological polar surface area (TPSA) is 58.6 Å². The molecule has 0 fully saturated rings. The SMILES string of the molecule is COC(=O)CC1CCc2ccc(O)cc2N1. The average Bonchev–Trinajstić information content (AvgIpc) is 2.28. The van der Waals surface area contributed by atoms with Gasteiger partial charge in [0.1, 0.15) is 5.75 Å². The zero-order valence-electron chi connectivity index (χ0n) is 9.19. The number of fused-ring (bicyclic) bond motifs is 1. The van der Waals surface area contributed by atoms with Crippen molar-refractivity contribution in [2.75, 3.05) is 12.4 Å². The summed E-state index contributed by atoms with van der Waals surface area (Å²) in [5.74, 6) is 0.0334. The summed E-state index contributed by atoms with van der Waals surface area (Å²) >= 11 is 0. The van der Waals surface area contributed by atoms with Gasteiger partial charge in [0.05, 0.1) is 13.5 Å². The fraction of sp³-hybridized carbons (Fsp3) is 0.417. The molecule has 0 saturated carbocycles. The number of phenolic OH excluding ortho intramolecular Hbond substituents is 1. The third-order valence-electron chi connectivity index (χ3n) is 2.86. The van der Waals surface area contributed by atoms with E-state index in [9.17, 15) is 9.90 Å². The maximum atomic E-state index is 11.1. The third kappa shape index (κ3) is 2.27. The Labute approximate surface area is 94.2 Å². The van der Waals surface area contributed by atoms with Crippen LogP contribution in [0.5, 0.6) is 5.75 Å². The van der Waals surface area contributed by atoms with Gasteiger partial charge in [-0.15, -0.1) is 0 Å². The van der Waals surface area contributed by atoms with Gasteiger partial charge in [-0.25, -0.2) is 0 Å². The van der Waals surface area contributed by atoms with Crippen molar-refractivity contribution in [2.24, 2.45) is 0 Å². The van der Waals surface area contributed by atoms with Crippen molar-refractivity contribution in [3.05, 3.63) is 23.8 Å². The van der Waals surface area contributed by atoms with Gasteiger partial charge in [-0.05, 0) is 24.5 Å². The molecule has 1 unspecified atom stereocenters. The fourth-order valence-corrected chi connectivity index (χ4v) is 1.98. The Morgan fingerprint density at radius 3 is 3.19 bits per heavy atom. The Balaban J connectivity index is 2.08. The van der Waals surface area contributed by atoms with Crippen LogP contribution in [0.3, 0.4) is 0 Å². The van der Waals surface area contributed by atoms with E-state index in [-0.39, 0.29) is 17.8 Å². The predicted octanol–water partition coefficient (Wildman–Crippen LogP) is 1.68. The molecule has 1 aliphatic rings. The lowest BCUT2D eigenvalue weighted by Gasteiger charge is -2.26. The molecule has 86 valence electrons. The van der Waals surface area contributed by atoms with Crippen molar-refractivity contribution < 1.29 is 14.6 Å². The molecular weight excluding hydrogens is 206 g/mol. The second kappa shape index (κ2) is 4.43. The number of esters is 1. The number of phenols is 1. The first-order chi connectivity index (χ1) is 7.69. The number of methoxy groups -OCH3 is 1. The predicted molar refractivity (Wildman–Crippen MR) is 60.5 cm³/mol. The first-order valence-corrected chi connectivity index (χ1v) is 5.34. The summed E-state index contributed by atoms with van der Waals surface area (Å²) in [4.78, 5) is 11.1. The Morgan fingerprint density at radius 2 is 2.44 bits per heavy atom. The van der Waals surface area contributed by atoms with Crippen molar-refractivity contribution in [3.63, 3.8) is 0 Å². The van der Waals surface area contributed by atoms with Crippen LogP contribution < -0.4 is 5.32 Å². The van der Waals surface area contributed by atoms with E-state index in [1.807, 2.05) is 6.07 Å². The van der Waals surface area contributed by atoms with Gasteiger partial charge in [-0.2, -0.15) is 0 Å². The van der Waals surface area contributed by atoms with Gasteiger partial charge in [-0.3, -0.25) is 4.79 Å². The van der Waals surface area contributed by atoms with Crippen LogP contribution in [0.2, 0.25) is 0 Å². The van der Waals surface area contributed by atoms with E-state index in [2.05, 4.69) is 10.1 Å². The van der Waals surface area contributed by atoms with Crippen LogP contribution in [0, 0.1) is 0 Å². The summed E-state index contributed by atoms with van der Waals surface area (Å²) in [6.45, 7) is 0. The number of nitrogens with one attached hydrogen (secondary N) is 1. The Bertz CT molecular complexity index is 403. The maximum Gasteiger partial charge on any atom is 0.307 e. The quantitative estimate of drug-likeness (QED) is 0.746. The van der Waals surface area contributed by atoms with Crippen LogP contribution in [-0.2, 0) is 16.0 Å². The van der Waals surface area contributed by atoms with E-state index < -0.39 is 0 Å². The molecule has 0 amide bonds. The number of anilines is 1. The zero-order chi connectivity index (χ0) is 11.5. The molecular formula is C12H15NO3. The molecule has 1 aliphatic heterocycles. The zero-order valence-corrected chi connectivity index (χ0v) is 9.19. The highest BCUT2D eigenvalue weighted by Crippen LogP contribution is 2.29. The number of carbonyl (C=O) groups excluding carboxylic acids is 1. The van der Waals surface area contributed by atoms with Crippen molar-refractivity contribution in [1.82, 2.24) is 0 Å². The number of hydrogen-bond acceptors (Lipinski definition) is 4. The highest BCUT2D eigenvalue weighted by atomic mass is 16.5. The molecule has 0 bridgehead atoms. The number of benzene rings is 1. The standard InChI is InChI=1S/C12H15NO3/c1-16-12(15)6-9-4-2-8-3-5-10(14)7-11(8)13-9/h3,5,7,9,13-14H,2,4,6H2,1H3. The van der Waals surface area contributed by atoms with E-state index >= 15 is 0 Å². The Kier molecular flexibility index (Phi) is 2.99. The molecule has 4 nitrogen and oxygen atoms in total. The van der Waals surface area contributed by atoms with Gasteiger partial charge >= 0.3 is 5.97 Å². The third-order valence-corrected chi connectivity index (χ3v) is 2.86. The minimum absolute atomic E-state index is 0.0988. The van der Waals surface area contributed by atoms with E-state index in [0.29, 0.717) is 6.42 Å². The maximum absolute atomic E-state index is 11.1. The lowest BCUT2D eigenvalue weighted by molar-refractivity contribution is -0.140. The normalized spacial score (nSPS) is 18.4. The van der Waals surface area contributed by atoms with Crippen LogP contribution in [-0.4, -0.2) is 24.2 Å². The van der Waals surface area contributed by atoms with Gasteiger partial charge in [0.2, 0.25) is 0 Å². The lowest BCUT2D eigenvalue weighted by Crippen LogP contribution is -2.28. The van der Waals surface area contributed by atoms with Crippen LogP contribution >= 0.6 is 0 Å². The summed E-state index contributed by atoms with van der Waals surface area (Å²) in [5.41, 5.74) is 2.10. The highest BCUT2D eigenvalue weighted by Gasteiger charge is 2.20. The van der Waals surface area contributed by atoms with Crippen LogP contribution in [0.25, 0.3) is 0 Å². The number of carbonyl (C=O) groups is 1. The molecule has 4 heteroatoms. The summed E-state index contributed by atoms with van der Waals surface area (Å²) in [7, 11) is 1.39. The molecule has 0 aliphatic carbocycles. The fourth-order valence-electron chi connectivity index (χ4n) is 1.98. The summed E-state index contributed by atoms with van der Waals surface area (Å²) < 4.78 is 4.64. The van der Waals surface area contributed by atoms with Crippen molar-refractivity contribution in [2.45, 2.75) is 25.3 Å². The van der Waals surface area contributed by atoms with Gasteiger partial charge in [-0.1, -0.05) is 6.07 Å². The molecule has 1 heterocycles. The molecule has 0 saturated heterocycles. The molecule has 2 N–H and O–H groups in total. The summed E-state index contributed by atoms with van der Waals surface area (Å²) in [6.07, 6.45) is 2.20. The smallest absolute Gasteiger partial charge is 0.307 e. The summed E-state index contributed by atoms with van der Waals surface area (Å²) in [6, 6.07) is 5.38. The van der Waals surface area contributed by atoms with Gasteiger partial charge in [0.15, 0.2) is 0 Å². The van der Waals surface area contributed by atoms with Crippen LogP contribution in [0.15, 0.2) is 18.2 Å². The summed E-state index contributed by atoms with van der Waals surface area (Å²) in [5, 5.41) is 12.6. The van der Waals surface area contributed by atoms with E-state index in [1.165, 1.54) is 12.7 Å². The molecule has 1 aromatic rings. The monoisotopic (exact) mass is 221 g/mol. The van der Waals surface area contributed by atoms with E-state index in [0.717, 1.165) is 18.5 Å². The molecule has 2 rings (SSSR count).